The summed E-state index contributed by atoms with van der Waals surface area (Å²) in [6.45, 7) is 11.5. The molecule has 2 N–H and O–H groups in total. The van der Waals surface area contributed by atoms with Crippen molar-refractivity contribution in [2.24, 2.45) is 0 Å². The molecular weight excluding hydrogens is 524 g/mol. The average Bonchev–Trinajstić information content (AvgIpc) is 3.44. The topological polar surface area (TPSA) is 83.9 Å². The van der Waals surface area contributed by atoms with E-state index in [1.54, 1.807) is 7.11 Å². The summed E-state index contributed by atoms with van der Waals surface area (Å²) in [5.74, 6) is 0.425. The third-order valence-electron chi connectivity index (χ3n) is 7.76. The van der Waals surface area contributed by atoms with Crippen molar-refractivity contribution in [3.05, 3.63) is 71.3 Å². The third kappa shape index (κ3) is 5.84. The largest absolute Gasteiger partial charge is 0.495 e. The number of hydrogen-bond acceptors (Lipinski definition) is 6. The van der Waals surface area contributed by atoms with Crippen LogP contribution in [0, 0.1) is 13.8 Å². The second kappa shape index (κ2) is 12.4. The number of anilines is 2. The Morgan fingerprint density at radius 2 is 1.98 bits per heavy atom. The number of ether oxygens (including phenoxy) is 2. The molecule has 0 radical (unpaired) electrons. The number of hydrogen-bond donors (Lipinski definition) is 2. The second-order valence-corrected chi connectivity index (χ2v) is 10.7. The lowest BCUT2D eigenvalue weighted by Crippen LogP contribution is -2.37. The molecule has 0 bridgehead atoms. The molecular formula is C30H38N6O3S. The van der Waals surface area contributed by atoms with Crippen molar-refractivity contribution in [2.75, 3.05) is 50.2 Å². The van der Waals surface area contributed by atoms with E-state index in [2.05, 4.69) is 44.9 Å². The van der Waals surface area contributed by atoms with Crippen molar-refractivity contribution < 1.29 is 14.3 Å². The van der Waals surface area contributed by atoms with Gasteiger partial charge in [0.15, 0.2) is 5.11 Å². The van der Waals surface area contributed by atoms with Crippen LogP contribution in [0.4, 0.5) is 11.4 Å². The maximum atomic E-state index is 11.9. The summed E-state index contributed by atoms with van der Waals surface area (Å²) >= 11 is 5.94. The summed E-state index contributed by atoms with van der Waals surface area (Å²) < 4.78 is 13.4. The molecule has 1 aromatic carbocycles. The van der Waals surface area contributed by atoms with E-state index < -0.39 is 0 Å². The lowest BCUT2D eigenvalue weighted by atomic mass is 9.96. The van der Waals surface area contributed by atoms with Crippen LogP contribution in [0.5, 0.6) is 5.75 Å². The van der Waals surface area contributed by atoms with Crippen molar-refractivity contribution in [1.29, 1.82) is 0 Å². The fourth-order valence-electron chi connectivity index (χ4n) is 5.83. The van der Waals surface area contributed by atoms with Gasteiger partial charge in [0.2, 0.25) is 5.91 Å². The van der Waals surface area contributed by atoms with E-state index in [1.165, 1.54) is 23.9 Å². The summed E-state index contributed by atoms with van der Waals surface area (Å²) in [4.78, 5) is 21.2. The molecule has 10 heteroatoms. The van der Waals surface area contributed by atoms with Gasteiger partial charge >= 0.3 is 0 Å². The molecule has 2 aliphatic rings. The maximum absolute atomic E-state index is 11.9. The summed E-state index contributed by atoms with van der Waals surface area (Å²) in [6, 6.07) is 13.7. The zero-order valence-electron chi connectivity index (χ0n) is 23.6. The highest BCUT2D eigenvalue weighted by atomic mass is 32.1. The zero-order valence-corrected chi connectivity index (χ0v) is 24.5. The molecule has 2 aliphatic heterocycles. The quantitative estimate of drug-likeness (QED) is 0.372. The lowest BCUT2D eigenvalue weighted by molar-refractivity contribution is -0.114. The fourth-order valence-corrected chi connectivity index (χ4v) is 6.18. The number of pyridine rings is 1. The van der Waals surface area contributed by atoms with E-state index in [-0.39, 0.29) is 18.0 Å². The number of nitrogens with zero attached hydrogens (tertiary/aromatic N) is 4. The molecule has 1 amide bonds. The molecule has 5 rings (SSSR count). The summed E-state index contributed by atoms with van der Waals surface area (Å²) in [5, 5.41) is 7.05. The number of methoxy groups -OCH3 is 1. The first-order chi connectivity index (χ1) is 19.4. The van der Waals surface area contributed by atoms with Crippen LogP contribution in [0.3, 0.4) is 0 Å². The van der Waals surface area contributed by atoms with Crippen LogP contribution in [0.2, 0.25) is 0 Å². The van der Waals surface area contributed by atoms with Gasteiger partial charge < -0.3 is 29.6 Å². The Morgan fingerprint density at radius 3 is 2.67 bits per heavy atom. The number of carbonyl (C=O) groups is 1. The van der Waals surface area contributed by atoms with E-state index in [4.69, 9.17) is 26.7 Å². The highest BCUT2D eigenvalue weighted by molar-refractivity contribution is 7.80. The van der Waals surface area contributed by atoms with Gasteiger partial charge in [0.05, 0.1) is 43.8 Å². The van der Waals surface area contributed by atoms with Crippen molar-refractivity contribution in [3.8, 4) is 5.75 Å². The van der Waals surface area contributed by atoms with Gasteiger partial charge in [-0.05, 0) is 74.4 Å². The number of rotatable bonds is 9. The van der Waals surface area contributed by atoms with Crippen molar-refractivity contribution >= 4 is 34.6 Å². The van der Waals surface area contributed by atoms with Crippen LogP contribution in [-0.2, 0) is 16.1 Å². The summed E-state index contributed by atoms with van der Waals surface area (Å²) in [7, 11) is 1.59. The smallest absolute Gasteiger partial charge is 0.221 e. The molecule has 40 heavy (non-hydrogen) atoms. The summed E-state index contributed by atoms with van der Waals surface area (Å²) in [6.07, 6.45) is 2.89. The Labute approximate surface area is 241 Å². The Bertz CT molecular complexity index is 1350. The molecule has 9 nitrogen and oxygen atoms in total. The SMILES string of the molecule is COc1ccc(N2C(=S)N[C@@H](c3ccccn3)[C@H]2c2cc(C)n(CCCN3CCOCC3)c2C)cc1NC(C)=O. The number of amides is 1. The number of nitrogens with one attached hydrogen (secondary N) is 2. The molecule has 0 aliphatic carbocycles. The minimum Gasteiger partial charge on any atom is -0.495 e. The molecule has 3 aromatic rings. The van der Waals surface area contributed by atoms with Crippen molar-refractivity contribution in [1.82, 2.24) is 19.8 Å². The molecule has 4 heterocycles. The number of carbonyl (C=O) groups excluding carboxylic acids is 1. The van der Waals surface area contributed by atoms with E-state index in [0.29, 0.717) is 16.5 Å². The molecule has 2 atom stereocenters. The van der Waals surface area contributed by atoms with E-state index in [0.717, 1.165) is 57.2 Å². The maximum Gasteiger partial charge on any atom is 0.221 e. The highest BCUT2D eigenvalue weighted by Gasteiger charge is 2.42. The van der Waals surface area contributed by atoms with Gasteiger partial charge in [-0.15, -0.1) is 0 Å². The number of benzene rings is 1. The standard InChI is InChI=1S/C30H38N6O3S/c1-20-18-24(21(2)35(20)13-7-12-34-14-16-39-17-15-34)29-28(25-8-5-6-11-31-25)33-30(40)36(29)23-9-10-27(38-4)26(19-23)32-22(3)37/h5-6,8-11,18-19,28-29H,7,12-17H2,1-4H3,(H,32,37)(H,33,40)/t28-,29+/m0/s1. The van der Waals surface area contributed by atoms with Gasteiger partial charge in [-0.1, -0.05) is 6.07 Å². The van der Waals surface area contributed by atoms with E-state index >= 15 is 0 Å². The van der Waals surface area contributed by atoms with Crippen LogP contribution >= 0.6 is 12.2 Å². The normalized spacial score (nSPS) is 19.5. The number of aromatic nitrogens is 2. The predicted octanol–water partition coefficient (Wildman–Crippen LogP) is 4.37. The average molecular weight is 563 g/mol. The first-order valence-electron chi connectivity index (χ1n) is 13.8. The molecule has 0 saturated carbocycles. The zero-order chi connectivity index (χ0) is 28.2. The van der Waals surface area contributed by atoms with Crippen LogP contribution in [0.1, 0.15) is 48.1 Å². The summed E-state index contributed by atoms with van der Waals surface area (Å²) in [5.41, 5.74) is 6.03. The minimum absolute atomic E-state index is 0.139. The third-order valence-corrected chi connectivity index (χ3v) is 8.08. The lowest BCUT2D eigenvalue weighted by Gasteiger charge is -2.29. The Kier molecular flexibility index (Phi) is 8.68. The van der Waals surface area contributed by atoms with Crippen LogP contribution in [0.15, 0.2) is 48.7 Å². The van der Waals surface area contributed by atoms with Gasteiger partial charge in [0.1, 0.15) is 5.75 Å². The monoisotopic (exact) mass is 562 g/mol. The second-order valence-electron chi connectivity index (χ2n) is 10.3. The van der Waals surface area contributed by atoms with Gasteiger partial charge in [0, 0.05) is 56.4 Å². The van der Waals surface area contributed by atoms with Gasteiger partial charge in [-0.2, -0.15) is 0 Å². The van der Waals surface area contributed by atoms with Crippen LogP contribution in [-0.4, -0.2) is 65.4 Å². The Hall–Kier alpha value is -3.47. The molecule has 2 aromatic heterocycles. The molecule has 2 fully saturated rings. The molecule has 0 unspecified atom stereocenters. The van der Waals surface area contributed by atoms with Crippen molar-refractivity contribution in [2.45, 2.75) is 45.8 Å². The fraction of sp³-hybridized carbons (Fsp3) is 0.433. The number of aryl methyl sites for hydroxylation is 1. The predicted molar refractivity (Wildman–Crippen MR) is 161 cm³/mol. The van der Waals surface area contributed by atoms with Crippen LogP contribution < -0.4 is 20.3 Å². The van der Waals surface area contributed by atoms with Crippen LogP contribution in [0.25, 0.3) is 0 Å². The molecule has 212 valence electrons. The first-order valence-corrected chi connectivity index (χ1v) is 14.2. The van der Waals surface area contributed by atoms with Gasteiger partial charge in [-0.25, -0.2) is 0 Å². The van der Waals surface area contributed by atoms with Gasteiger partial charge in [-0.3, -0.25) is 14.7 Å². The molecule has 0 spiro atoms. The minimum atomic E-state index is -0.166. The molecule has 2 saturated heterocycles. The Morgan fingerprint density at radius 1 is 1.18 bits per heavy atom. The van der Waals surface area contributed by atoms with E-state index in [1.807, 2.05) is 42.6 Å². The first kappa shape index (κ1) is 28.1. The van der Waals surface area contributed by atoms with Gasteiger partial charge in [0.25, 0.3) is 0 Å². The highest BCUT2D eigenvalue weighted by Crippen LogP contribution is 2.44. The van der Waals surface area contributed by atoms with Crippen molar-refractivity contribution in [3.63, 3.8) is 0 Å². The van der Waals surface area contributed by atoms with E-state index in [9.17, 15) is 4.79 Å². The number of thiocarbonyl (C=S) groups is 1. The number of morpholine rings is 1. The Balaban J connectivity index is 1.51.